The summed E-state index contributed by atoms with van der Waals surface area (Å²) in [4.78, 5) is 12.2. The van der Waals surface area contributed by atoms with Crippen LogP contribution in [0.2, 0.25) is 0 Å². The van der Waals surface area contributed by atoms with Gasteiger partial charge in [-0.3, -0.25) is 4.79 Å². The van der Waals surface area contributed by atoms with E-state index in [4.69, 9.17) is 4.74 Å². The second kappa shape index (κ2) is 10.6. The molecule has 0 aliphatic carbocycles. The van der Waals surface area contributed by atoms with E-state index in [0.717, 1.165) is 48.3 Å². The Morgan fingerprint density at radius 3 is 2.48 bits per heavy atom. The Bertz CT molecular complexity index is 825. The van der Waals surface area contributed by atoms with Crippen molar-refractivity contribution in [2.75, 3.05) is 32.6 Å². The number of hydrogen-bond donors (Lipinski definition) is 1. The summed E-state index contributed by atoms with van der Waals surface area (Å²) in [6.07, 6.45) is 5.65. The zero-order chi connectivity index (χ0) is 20.0. The van der Waals surface area contributed by atoms with Gasteiger partial charge in [-0.25, -0.2) is 0 Å². The maximum absolute atomic E-state index is 12.2. The van der Waals surface area contributed by atoms with Crippen LogP contribution in [0, 0.1) is 6.92 Å². The molecule has 0 unspecified atom stereocenters. The van der Waals surface area contributed by atoms with E-state index in [1.54, 1.807) is 6.08 Å². The molecule has 0 bridgehead atoms. The maximum Gasteiger partial charge on any atom is 0.248 e. The number of halogens is 1. The first-order valence-electron chi connectivity index (χ1n) is 9.97. The van der Waals surface area contributed by atoms with Crippen molar-refractivity contribution >= 4 is 17.7 Å². The molecule has 0 aromatic heterocycles. The Hall–Kier alpha value is -2.14. The number of nitrogens with one attached hydrogen (secondary N) is 1. The van der Waals surface area contributed by atoms with Crippen LogP contribution in [0.3, 0.4) is 0 Å². The van der Waals surface area contributed by atoms with Crippen LogP contribution >= 0.6 is 0 Å². The standard InChI is InChI=1S/C24H30N2O2.ClH/c1-19-5-4-6-20(17-19)9-12-24(27)25-22-10-7-21(8-11-22)18-26(2,3)23-13-15-28-16-14-23;/h4-12,17,23H,13-16,18H2,1-3H3;1H. The molecule has 4 nitrogen and oxygen atoms in total. The topological polar surface area (TPSA) is 38.3 Å². The van der Waals surface area contributed by atoms with Gasteiger partial charge in [-0.2, -0.15) is 0 Å². The zero-order valence-electron chi connectivity index (χ0n) is 17.5. The number of benzene rings is 2. The van der Waals surface area contributed by atoms with Crippen LogP contribution in [0.1, 0.15) is 29.5 Å². The highest BCUT2D eigenvalue weighted by Crippen LogP contribution is 2.22. The van der Waals surface area contributed by atoms with E-state index in [2.05, 4.69) is 37.6 Å². The monoisotopic (exact) mass is 414 g/mol. The van der Waals surface area contributed by atoms with Crippen LogP contribution in [0.4, 0.5) is 5.69 Å². The van der Waals surface area contributed by atoms with Crippen LogP contribution in [-0.2, 0) is 16.1 Å². The largest absolute Gasteiger partial charge is 1.00 e. The van der Waals surface area contributed by atoms with Crippen LogP contribution < -0.4 is 17.7 Å². The minimum Gasteiger partial charge on any atom is -1.00 e. The predicted molar refractivity (Wildman–Crippen MR) is 115 cm³/mol. The Kier molecular flexibility index (Phi) is 8.45. The van der Waals surface area contributed by atoms with Gasteiger partial charge in [0.05, 0.1) is 33.4 Å². The van der Waals surface area contributed by atoms with E-state index in [1.165, 1.54) is 11.1 Å². The molecule has 2 aromatic rings. The minimum atomic E-state index is -0.118. The quantitative estimate of drug-likeness (QED) is 0.573. The number of nitrogens with zero attached hydrogens (tertiary/aromatic N) is 1. The molecule has 1 amide bonds. The first-order chi connectivity index (χ1) is 13.4. The predicted octanol–water partition coefficient (Wildman–Crippen LogP) is 1.41. The number of carbonyl (C=O) groups is 1. The summed E-state index contributed by atoms with van der Waals surface area (Å²) < 4.78 is 6.46. The molecule has 3 rings (SSSR count). The molecule has 5 heteroatoms. The summed E-state index contributed by atoms with van der Waals surface area (Å²) in [6, 6.07) is 16.9. The summed E-state index contributed by atoms with van der Waals surface area (Å²) in [5.41, 5.74) is 4.31. The van der Waals surface area contributed by atoms with Gasteiger partial charge in [-0.05, 0) is 30.7 Å². The van der Waals surface area contributed by atoms with Crippen molar-refractivity contribution in [2.45, 2.75) is 32.4 Å². The lowest BCUT2D eigenvalue weighted by Gasteiger charge is -2.40. The van der Waals surface area contributed by atoms with Gasteiger partial charge in [0.15, 0.2) is 0 Å². The van der Waals surface area contributed by atoms with E-state index in [0.29, 0.717) is 6.04 Å². The number of hydrogen-bond acceptors (Lipinski definition) is 2. The highest BCUT2D eigenvalue weighted by Gasteiger charge is 2.30. The molecule has 0 saturated carbocycles. The Morgan fingerprint density at radius 1 is 1.14 bits per heavy atom. The Balaban J connectivity index is 0.00000300. The number of ether oxygens (including phenoxy) is 1. The van der Waals surface area contributed by atoms with E-state index in [-0.39, 0.29) is 18.3 Å². The molecular formula is C24H31ClN2O2. The summed E-state index contributed by atoms with van der Waals surface area (Å²) in [5, 5.41) is 2.93. The van der Waals surface area contributed by atoms with Gasteiger partial charge in [-0.1, -0.05) is 42.0 Å². The second-order valence-electron chi connectivity index (χ2n) is 8.21. The normalized spacial score (nSPS) is 15.1. The average molecular weight is 415 g/mol. The molecule has 156 valence electrons. The van der Waals surface area contributed by atoms with E-state index in [9.17, 15) is 4.79 Å². The molecule has 1 aliphatic rings. The number of quaternary nitrogens is 1. The molecule has 29 heavy (non-hydrogen) atoms. The first-order valence-corrected chi connectivity index (χ1v) is 9.97. The van der Waals surface area contributed by atoms with Crippen molar-refractivity contribution in [1.29, 1.82) is 0 Å². The highest BCUT2D eigenvalue weighted by molar-refractivity contribution is 6.01. The smallest absolute Gasteiger partial charge is 0.248 e. The van der Waals surface area contributed by atoms with Gasteiger partial charge in [0, 0.05) is 30.2 Å². The van der Waals surface area contributed by atoms with Gasteiger partial charge >= 0.3 is 0 Å². The van der Waals surface area contributed by atoms with Crippen LogP contribution in [0.15, 0.2) is 54.6 Å². The third kappa shape index (κ3) is 7.00. The Morgan fingerprint density at radius 2 is 1.83 bits per heavy atom. The average Bonchev–Trinajstić information content (AvgIpc) is 2.68. The lowest BCUT2D eigenvalue weighted by molar-refractivity contribution is -0.929. The summed E-state index contributed by atoms with van der Waals surface area (Å²) in [7, 11) is 4.59. The summed E-state index contributed by atoms with van der Waals surface area (Å²) in [6.45, 7) is 4.76. The van der Waals surface area contributed by atoms with Crippen LogP contribution in [-0.4, -0.2) is 43.7 Å². The SMILES string of the molecule is Cc1cccc(C=CC(=O)Nc2ccc(C[N+](C)(C)C3CCOCC3)cc2)c1.[Cl-]. The highest BCUT2D eigenvalue weighted by atomic mass is 35.5. The van der Waals surface area contributed by atoms with Crippen molar-refractivity contribution in [3.8, 4) is 0 Å². The van der Waals surface area contributed by atoms with Crippen molar-refractivity contribution in [3.63, 3.8) is 0 Å². The molecule has 1 saturated heterocycles. The minimum absolute atomic E-state index is 0. The fourth-order valence-electron chi connectivity index (χ4n) is 3.81. The fraction of sp³-hybridized carbons (Fsp3) is 0.375. The number of anilines is 1. The first kappa shape index (κ1) is 23.1. The van der Waals surface area contributed by atoms with Crippen LogP contribution in [0.25, 0.3) is 6.08 Å². The number of carbonyl (C=O) groups excluding carboxylic acids is 1. The van der Waals surface area contributed by atoms with E-state index < -0.39 is 0 Å². The number of aryl methyl sites for hydroxylation is 1. The van der Waals surface area contributed by atoms with Gasteiger partial charge in [-0.15, -0.1) is 0 Å². The van der Waals surface area contributed by atoms with Crippen molar-refractivity contribution < 1.29 is 26.4 Å². The molecular weight excluding hydrogens is 384 g/mol. The number of rotatable bonds is 6. The zero-order valence-corrected chi connectivity index (χ0v) is 18.3. The molecule has 1 aliphatic heterocycles. The van der Waals surface area contributed by atoms with Crippen molar-refractivity contribution in [3.05, 3.63) is 71.3 Å². The van der Waals surface area contributed by atoms with Crippen molar-refractivity contribution in [2.24, 2.45) is 0 Å². The van der Waals surface area contributed by atoms with E-state index in [1.807, 2.05) is 43.3 Å². The Labute approximate surface area is 180 Å². The summed E-state index contributed by atoms with van der Waals surface area (Å²) >= 11 is 0. The molecule has 0 atom stereocenters. The molecule has 1 N–H and O–H groups in total. The molecule has 1 heterocycles. The third-order valence-corrected chi connectivity index (χ3v) is 5.46. The van der Waals surface area contributed by atoms with Gasteiger partial charge in [0.25, 0.3) is 0 Å². The van der Waals surface area contributed by atoms with Crippen LogP contribution in [0.5, 0.6) is 0 Å². The van der Waals surface area contributed by atoms with Gasteiger partial charge < -0.3 is 26.9 Å². The van der Waals surface area contributed by atoms with Crippen molar-refractivity contribution in [1.82, 2.24) is 0 Å². The molecule has 1 fully saturated rings. The third-order valence-electron chi connectivity index (χ3n) is 5.46. The van der Waals surface area contributed by atoms with E-state index >= 15 is 0 Å². The molecule has 0 spiro atoms. The lowest BCUT2D eigenvalue weighted by atomic mass is 10.0. The summed E-state index contributed by atoms with van der Waals surface area (Å²) in [5.74, 6) is -0.118. The fourth-order valence-corrected chi connectivity index (χ4v) is 3.81. The maximum atomic E-state index is 12.2. The molecule has 2 aromatic carbocycles. The van der Waals surface area contributed by atoms with Gasteiger partial charge in [0.1, 0.15) is 6.54 Å². The second-order valence-corrected chi connectivity index (χ2v) is 8.21. The number of amides is 1. The van der Waals surface area contributed by atoms with Gasteiger partial charge in [0.2, 0.25) is 5.91 Å². The molecule has 0 radical (unpaired) electrons. The lowest BCUT2D eigenvalue weighted by Crippen LogP contribution is -3.00.